The molecule has 1 aromatic heterocycles. The van der Waals surface area contributed by atoms with E-state index in [2.05, 4.69) is 0 Å². The Bertz CT molecular complexity index is 666. The van der Waals surface area contributed by atoms with Crippen LogP contribution in [0, 0.1) is 0 Å². The number of sulfonamides is 1. The van der Waals surface area contributed by atoms with Gasteiger partial charge >= 0.3 is 0 Å². The first-order valence-corrected chi connectivity index (χ1v) is 9.62. The van der Waals surface area contributed by atoms with Gasteiger partial charge in [-0.2, -0.15) is 4.31 Å². The highest BCUT2D eigenvalue weighted by atomic mass is 32.2. The van der Waals surface area contributed by atoms with Crippen molar-refractivity contribution in [3.63, 3.8) is 0 Å². The molecule has 1 fully saturated rings. The van der Waals surface area contributed by atoms with Gasteiger partial charge in [0.2, 0.25) is 10.0 Å². The highest BCUT2D eigenvalue weighted by molar-refractivity contribution is 7.89. The lowest BCUT2D eigenvalue weighted by Gasteiger charge is -2.28. The molecule has 0 saturated carbocycles. The average molecular weight is 321 g/mol. The Morgan fingerprint density at radius 3 is 2.52 bits per heavy atom. The van der Waals surface area contributed by atoms with E-state index >= 15 is 0 Å². The highest BCUT2D eigenvalue weighted by Crippen LogP contribution is 2.36. The minimum Gasteiger partial charge on any atom is -0.207 e. The summed E-state index contributed by atoms with van der Waals surface area (Å²) in [7, 11) is -3.42. The minimum atomic E-state index is -3.42. The molecule has 1 aliphatic rings. The van der Waals surface area contributed by atoms with Gasteiger partial charge in [-0.25, -0.2) is 8.42 Å². The fourth-order valence-electron chi connectivity index (χ4n) is 2.86. The molecule has 1 aromatic carbocycles. The number of hydrogen-bond donors (Lipinski definition) is 0. The first-order valence-electron chi connectivity index (χ1n) is 7.30. The molecular weight excluding hydrogens is 302 g/mol. The minimum absolute atomic E-state index is 0.0160. The summed E-state index contributed by atoms with van der Waals surface area (Å²) >= 11 is 1.65. The van der Waals surface area contributed by atoms with Gasteiger partial charge in [-0.3, -0.25) is 0 Å². The Balaban J connectivity index is 2.00. The van der Waals surface area contributed by atoms with Crippen LogP contribution in [0.3, 0.4) is 0 Å². The number of nitrogens with zero attached hydrogens (tertiary/aromatic N) is 1. The van der Waals surface area contributed by atoms with Gasteiger partial charge in [0.1, 0.15) is 0 Å². The SMILES string of the molecule is O=S(=O)(c1ccccc1)N1CCCCC[C@@H]1c1cccs1. The van der Waals surface area contributed by atoms with Crippen LogP contribution in [0.4, 0.5) is 0 Å². The van der Waals surface area contributed by atoms with Crippen LogP contribution in [0.25, 0.3) is 0 Å². The van der Waals surface area contributed by atoms with Gasteiger partial charge in [0.25, 0.3) is 0 Å². The molecule has 0 N–H and O–H groups in total. The van der Waals surface area contributed by atoms with Gasteiger partial charge in [0, 0.05) is 11.4 Å². The van der Waals surface area contributed by atoms with Crippen LogP contribution in [0.2, 0.25) is 0 Å². The maximum absolute atomic E-state index is 13.0. The largest absolute Gasteiger partial charge is 0.243 e. The summed E-state index contributed by atoms with van der Waals surface area (Å²) in [5.74, 6) is 0. The van der Waals surface area contributed by atoms with Crippen molar-refractivity contribution in [2.24, 2.45) is 0 Å². The number of thiophene rings is 1. The molecule has 5 heteroatoms. The molecule has 3 rings (SSSR count). The Labute approximate surface area is 130 Å². The maximum atomic E-state index is 13.0. The van der Waals surface area contributed by atoms with E-state index in [0.29, 0.717) is 11.4 Å². The van der Waals surface area contributed by atoms with Crippen molar-refractivity contribution in [1.29, 1.82) is 0 Å². The third-order valence-electron chi connectivity index (χ3n) is 3.93. The lowest BCUT2D eigenvalue weighted by atomic mass is 10.1. The fraction of sp³-hybridized carbons (Fsp3) is 0.375. The van der Waals surface area contributed by atoms with Gasteiger partial charge in [-0.05, 0) is 36.4 Å². The van der Waals surface area contributed by atoms with Crippen LogP contribution in [0.5, 0.6) is 0 Å². The molecule has 0 bridgehead atoms. The lowest BCUT2D eigenvalue weighted by Crippen LogP contribution is -2.34. The Morgan fingerprint density at radius 2 is 1.81 bits per heavy atom. The summed E-state index contributed by atoms with van der Waals surface area (Å²) in [6.07, 6.45) is 4.03. The van der Waals surface area contributed by atoms with E-state index in [1.807, 2.05) is 23.6 Å². The smallest absolute Gasteiger partial charge is 0.207 e. The van der Waals surface area contributed by atoms with E-state index < -0.39 is 10.0 Å². The molecule has 1 aliphatic heterocycles. The van der Waals surface area contributed by atoms with Crippen molar-refractivity contribution in [2.45, 2.75) is 36.6 Å². The van der Waals surface area contributed by atoms with E-state index in [4.69, 9.17) is 0 Å². The number of hydrogen-bond acceptors (Lipinski definition) is 3. The van der Waals surface area contributed by atoms with Gasteiger partial charge in [0.05, 0.1) is 10.9 Å². The van der Waals surface area contributed by atoms with Crippen LogP contribution < -0.4 is 0 Å². The molecule has 112 valence electrons. The van der Waals surface area contributed by atoms with E-state index in [1.165, 1.54) is 0 Å². The predicted octanol–water partition coefficient (Wildman–Crippen LogP) is 4.05. The normalized spacial score (nSPS) is 21.0. The van der Waals surface area contributed by atoms with Gasteiger partial charge in [-0.15, -0.1) is 11.3 Å². The number of rotatable bonds is 3. The second-order valence-electron chi connectivity index (χ2n) is 5.31. The van der Waals surface area contributed by atoms with Gasteiger partial charge in [-0.1, -0.05) is 37.1 Å². The summed E-state index contributed by atoms with van der Waals surface area (Å²) in [4.78, 5) is 1.55. The standard InChI is InChI=1S/C16H19NO2S2/c18-21(19,14-8-3-1-4-9-14)17-12-6-2-5-10-15(17)16-11-7-13-20-16/h1,3-4,7-9,11,13,15H,2,5-6,10,12H2/t15-/m1/s1. The molecule has 0 spiro atoms. The molecule has 2 heterocycles. The van der Waals surface area contributed by atoms with Gasteiger partial charge in [0.15, 0.2) is 0 Å². The highest BCUT2D eigenvalue weighted by Gasteiger charge is 2.33. The second kappa shape index (κ2) is 6.30. The monoisotopic (exact) mass is 321 g/mol. The third kappa shape index (κ3) is 3.05. The zero-order valence-electron chi connectivity index (χ0n) is 11.8. The molecule has 0 amide bonds. The molecule has 3 nitrogen and oxygen atoms in total. The molecule has 2 aromatic rings. The molecule has 0 unspecified atom stereocenters. The van der Waals surface area contributed by atoms with E-state index in [1.54, 1.807) is 39.9 Å². The summed E-state index contributed by atoms with van der Waals surface area (Å²) in [5, 5.41) is 2.02. The Morgan fingerprint density at radius 1 is 1.00 bits per heavy atom. The van der Waals surface area contributed by atoms with Crippen LogP contribution >= 0.6 is 11.3 Å². The van der Waals surface area contributed by atoms with Crippen LogP contribution in [0.15, 0.2) is 52.7 Å². The summed E-state index contributed by atoms with van der Waals surface area (Å²) in [5.41, 5.74) is 0. The Hall–Kier alpha value is -1.17. The van der Waals surface area contributed by atoms with Gasteiger partial charge < -0.3 is 0 Å². The van der Waals surface area contributed by atoms with E-state index in [-0.39, 0.29) is 6.04 Å². The van der Waals surface area contributed by atoms with Crippen molar-refractivity contribution < 1.29 is 8.42 Å². The average Bonchev–Trinajstić information content (AvgIpc) is 2.92. The van der Waals surface area contributed by atoms with Crippen molar-refractivity contribution in [2.75, 3.05) is 6.54 Å². The number of benzene rings is 1. The van der Waals surface area contributed by atoms with Crippen LogP contribution in [0.1, 0.15) is 36.6 Å². The van der Waals surface area contributed by atoms with Crippen molar-refractivity contribution in [3.05, 3.63) is 52.7 Å². The molecular formula is C16H19NO2S2. The van der Waals surface area contributed by atoms with Crippen LogP contribution in [-0.4, -0.2) is 19.3 Å². The zero-order chi connectivity index (χ0) is 14.7. The zero-order valence-corrected chi connectivity index (χ0v) is 13.4. The lowest BCUT2D eigenvalue weighted by molar-refractivity contribution is 0.333. The third-order valence-corrected chi connectivity index (χ3v) is 6.82. The van der Waals surface area contributed by atoms with Crippen LogP contribution in [-0.2, 0) is 10.0 Å². The summed E-state index contributed by atoms with van der Waals surface area (Å²) in [6.45, 7) is 0.611. The quantitative estimate of drug-likeness (QED) is 0.855. The molecule has 1 saturated heterocycles. The first-order chi connectivity index (χ1) is 10.2. The first kappa shape index (κ1) is 14.8. The van der Waals surface area contributed by atoms with Crippen molar-refractivity contribution in [1.82, 2.24) is 4.31 Å². The topological polar surface area (TPSA) is 37.4 Å². The van der Waals surface area contributed by atoms with E-state index in [0.717, 1.165) is 30.6 Å². The molecule has 1 atom stereocenters. The molecule has 0 aliphatic carbocycles. The fourth-order valence-corrected chi connectivity index (χ4v) is 5.50. The molecule has 21 heavy (non-hydrogen) atoms. The predicted molar refractivity (Wildman–Crippen MR) is 85.9 cm³/mol. The van der Waals surface area contributed by atoms with E-state index in [9.17, 15) is 8.42 Å². The second-order valence-corrected chi connectivity index (χ2v) is 8.18. The van der Waals surface area contributed by atoms with Crippen molar-refractivity contribution >= 4 is 21.4 Å². The maximum Gasteiger partial charge on any atom is 0.243 e. The Kier molecular flexibility index (Phi) is 4.42. The molecule has 0 radical (unpaired) electrons. The summed E-state index contributed by atoms with van der Waals surface area (Å²) < 4.78 is 27.7. The van der Waals surface area contributed by atoms with Crippen molar-refractivity contribution in [3.8, 4) is 0 Å². The summed E-state index contributed by atoms with van der Waals surface area (Å²) in [6, 6.07) is 12.8.